The van der Waals surface area contributed by atoms with E-state index in [2.05, 4.69) is 41.5 Å². The van der Waals surface area contributed by atoms with Crippen molar-refractivity contribution in [1.29, 1.82) is 0 Å². The van der Waals surface area contributed by atoms with Crippen molar-refractivity contribution in [3.05, 3.63) is 12.1 Å². The molecular formula is C28H48B2O6. The van der Waals surface area contributed by atoms with Crippen molar-refractivity contribution in [3.8, 4) is 11.5 Å². The van der Waals surface area contributed by atoms with Gasteiger partial charge in [-0.3, -0.25) is 0 Å². The molecule has 6 nitrogen and oxygen atoms in total. The van der Waals surface area contributed by atoms with Gasteiger partial charge in [0.15, 0.2) is 0 Å². The van der Waals surface area contributed by atoms with E-state index >= 15 is 0 Å². The predicted octanol–water partition coefficient (Wildman–Crippen LogP) is 5.14. The van der Waals surface area contributed by atoms with E-state index in [4.69, 9.17) is 28.1 Å². The molecule has 2 heterocycles. The summed E-state index contributed by atoms with van der Waals surface area (Å²) in [5.74, 6) is 1.53. The summed E-state index contributed by atoms with van der Waals surface area (Å²) >= 11 is 0. The lowest BCUT2D eigenvalue weighted by Crippen LogP contribution is -2.50. The van der Waals surface area contributed by atoms with Gasteiger partial charge in [0.25, 0.3) is 0 Å². The summed E-state index contributed by atoms with van der Waals surface area (Å²) in [5.41, 5.74) is 1.74. The molecular weight excluding hydrogens is 454 g/mol. The van der Waals surface area contributed by atoms with Gasteiger partial charge < -0.3 is 28.1 Å². The third-order valence-corrected chi connectivity index (χ3v) is 6.66. The van der Waals surface area contributed by atoms with Gasteiger partial charge in [-0.2, -0.15) is 0 Å². The Labute approximate surface area is 220 Å². The van der Waals surface area contributed by atoms with Crippen molar-refractivity contribution >= 4 is 25.2 Å². The van der Waals surface area contributed by atoms with Crippen LogP contribution in [0.4, 0.5) is 0 Å². The quantitative estimate of drug-likeness (QED) is 0.260. The van der Waals surface area contributed by atoms with Crippen molar-refractivity contribution in [2.24, 2.45) is 10.8 Å². The minimum Gasteiger partial charge on any atom is -0.494 e. The molecule has 2 aliphatic rings. The number of unbranched alkanes of at least 4 members (excludes halogenated alkanes) is 6. The van der Waals surface area contributed by atoms with Crippen molar-refractivity contribution in [2.45, 2.75) is 92.9 Å². The Morgan fingerprint density at radius 2 is 0.972 bits per heavy atom. The molecule has 2 fully saturated rings. The molecule has 0 atom stereocenters. The normalized spacial score (nSPS) is 19.4. The molecule has 0 bridgehead atoms. The van der Waals surface area contributed by atoms with Crippen LogP contribution in [0.1, 0.15) is 92.9 Å². The molecule has 0 amide bonds. The van der Waals surface area contributed by atoms with Crippen LogP contribution in [-0.2, 0) is 18.6 Å². The smallest absolute Gasteiger partial charge is 0.494 e. The van der Waals surface area contributed by atoms with Gasteiger partial charge in [0.1, 0.15) is 11.5 Å². The molecule has 0 aromatic heterocycles. The summed E-state index contributed by atoms with van der Waals surface area (Å²) < 4.78 is 37.4. The Bertz CT molecular complexity index is 715. The van der Waals surface area contributed by atoms with Crippen LogP contribution in [0.3, 0.4) is 0 Å². The zero-order valence-corrected chi connectivity index (χ0v) is 23.7. The predicted molar refractivity (Wildman–Crippen MR) is 148 cm³/mol. The van der Waals surface area contributed by atoms with E-state index in [1.165, 1.54) is 25.7 Å². The maximum atomic E-state index is 6.35. The van der Waals surface area contributed by atoms with E-state index < -0.39 is 14.2 Å². The molecule has 36 heavy (non-hydrogen) atoms. The molecule has 8 heteroatoms. The minimum atomic E-state index is -0.479. The van der Waals surface area contributed by atoms with Crippen LogP contribution in [0.15, 0.2) is 12.1 Å². The molecule has 1 aromatic rings. The maximum Gasteiger partial charge on any atom is 0.497 e. The van der Waals surface area contributed by atoms with Gasteiger partial charge in [-0.25, -0.2) is 0 Å². The van der Waals surface area contributed by atoms with Crippen LogP contribution in [0.2, 0.25) is 0 Å². The maximum absolute atomic E-state index is 6.35. The first-order chi connectivity index (χ1) is 17.2. The molecule has 0 N–H and O–H groups in total. The van der Waals surface area contributed by atoms with Crippen molar-refractivity contribution in [2.75, 3.05) is 39.6 Å². The molecule has 2 aliphatic heterocycles. The summed E-state index contributed by atoms with van der Waals surface area (Å²) in [6.45, 7) is 16.9. The highest BCUT2D eigenvalue weighted by atomic mass is 16.6. The van der Waals surface area contributed by atoms with E-state index in [0.717, 1.165) is 48.1 Å². The molecule has 0 aliphatic carbocycles. The first kappa shape index (κ1) is 29.3. The SMILES string of the molecule is CCCCCCOc1cc(B2OCC(C)(C)CO2)c(OCCCCCC)cc1B1OCC(C)(C)CO1. The van der Waals surface area contributed by atoms with Crippen LogP contribution < -0.4 is 20.4 Å². The van der Waals surface area contributed by atoms with Gasteiger partial charge >= 0.3 is 14.2 Å². The van der Waals surface area contributed by atoms with Crippen molar-refractivity contribution < 1.29 is 28.1 Å². The van der Waals surface area contributed by atoms with Crippen LogP contribution >= 0.6 is 0 Å². The summed E-state index contributed by atoms with van der Waals surface area (Å²) in [6.07, 6.45) is 9.19. The van der Waals surface area contributed by atoms with Gasteiger partial charge in [0.05, 0.1) is 13.2 Å². The highest BCUT2D eigenvalue weighted by molar-refractivity contribution is 6.65. The van der Waals surface area contributed by atoms with Crippen LogP contribution in [0.5, 0.6) is 11.5 Å². The first-order valence-electron chi connectivity index (χ1n) is 14.1. The van der Waals surface area contributed by atoms with Gasteiger partial charge in [0, 0.05) is 48.2 Å². The van der Waals surface area contributed by atoms with E-state index in [-0.39, 0.29) is 10.8 Å². The second-order valence-electron chi connectivity index (χ2n) is 12.0. The van der Waals surface area contributed by atoms with Gasteiger partial charge in [0.2, 0.25) is 0 Å². The van der Waals surface area contributed by atoms with Gasteiger partial charge in [-0.1, -0.05) is 80.1 Å². The Morgan fingerprint density at radius 1 is 0.611 bits per heavy atom. The third-order valence-electron chi connectivity index (χ3n) is 6.66. The molecule has 0 spiro atoms. The van der Waals surface area contributed by atoms with Crippen LogP contribution in [-0.4, -0.2) is 53.9 Å². The Hall–Kier alpha value is -1.21. The largest absolute Gasteiger partial charge is 0.497 e. The van der Waals surface area contributed by atoms with Crippen molar-refractivity contribution in [1.82, 2.24) is 0 Å². The fourth-order valence-corrected chi connectivity index (χ4v) is 4.38. The zero-order chi connectivity index (χ0) is 26.0. The highest BCUT2D eigenvalue weighted by Crippen LogP contribution is 2.27. The van der Waals surface area contributed by atoms with E-state index in [1.807, 2.05) is 12.1 Å². The molecule has 3 rings (SSSR count). The monoisotopic (exact) mass is 502 g/mol. The Kier molecular flexibility index (Phi) is 11.5. The molecule has 2 saturated heterocycles. The van der Waals surface area contributed by atoms with Crippen molar-refractivity contribution in [3.63, 3.8) is 0 Å². The molecule has 0 saturated carbocycles. The number of rotatable bonds is 14. The topological polar surface area (TPSA) is 55.4 Å². The van der Waals surface area contributed by atoms with E-state index in [0.29, 0.717) is 39.6 Å². The number of hydrogen-bond acceptors (Lipinski definition) is 6. The lowest BCUT2D eigenvalue weighted by molar-refractivity contribution is 0.0336. The summed E-state index contributed by atoms with van der Waals surface area (Å²) in [4.78, 5) is 0. The molecule has 0 radical (unpaired) electrons. The van der Waals surface area contributed by atoms with Crippen LogP contribution in [0.25, 0.3) is 0 Å². The number of benzene rings is 1. The summed E-state index contributed by atoms with van der Waals surface area (Å²) in [7, 11) is -0.959. The Balaban J connectivity index is 1.86. The molecule has 1 aromatic carbocycles. The second kappa shape index (κ2) is 14.1. The number of hydrogen-bond donors (Lipinski definition) is 0. The van der Waals surface area contributed by atoms with E-state index in [1.54, 1.807) is 0 Å². The minimum absolute atomic E-state index is 0.00714. The molecule has 202 valence electrons. The Morgan fingerprint density at radius 3 is 1.31 bits per heavy atom. The fraction of sp³-hybridized carbons (Fsp3) is 0.786. The number of ether oxygens (including phenoxy) is 2. The van der Waals surface area contributed by atoms with E-state index in [9.17, 15) is 0 Å². The fourth-order valence-electron chi connectivity index (χ4n) is 4.38. The summed E-state index contributed by atoms with van der Waals surface area (Å²) in [6, 6.07) is 4.07. The lowest BCUT2D eigenvalue weighted by Gasteiger charge is -2.35. The second-order valence-corrected chi connectivity index (χ2v) is 12.0. The summed E-state index contributed by atoms with van der Waals surface area (Å²) in [5, 5.41) is 0. The molecule has 0 unspecified atom stereocenters. The highest BCUT2D eigenvalue weighted by Gasteiger charge is 2.39. The standard InChI is InChI=1S/C28H48B2O6/c1-7-9-11-13-15-31-25-17-24(30-35-21-28(5,6)22-36-30)26(32-16-14-12-10-8-2)18-23(25)29-33-19-27(3,4)20-34-29/h17-18H,7-16,19-22H2,1-6H3. The van der Waals surface area contributed by atoms with Gasteiger partial charge in [-0.15, -0.1) is 0 Å². The van der Waals surface area contributed by atoms with Gasteiger partial charge in [-0.05, 0) is 25.0 Å². The zero-order valence-electron chi connectivity index (χ0n) is 23.7. The lowest BCUT2D eigenvalue weighted by atomic mass is 9.70. The first-order valence-corrected chi connectivity index (χ1v) is 14.1. The van der Waals surface area contributed by atoms with Crippen LogP contribution in [0, 0.1) is 10.8 Å². The average Bonchev–Trinajstić information content (AvgIpc) is 2.84. The average molecular weight is 502 g/mol. The third kappa shape index (κ3) is 8.97.